The van der Waals surface area contributed by atoms with Gasteiger partial charge in [0.15, 0.2) is 0 Å². The molecule has 1 N–H and O–H groups in total. The first-order valence-corrected chi connectivity index (χ1v) is 5.39. The van der Waals surface area contributed by atoms with Gasteiger partial charge in [0.1, 0.15) is 0 Å². The molecule has 0 saturated heterocycles. The van der Waals surface area contributed by atoms with E-state index in [9.17, 15) is 0 Å². The first kappa shape index (κ1) is 11.0. The third-order valence-electron chi connectivity index (χ3n) is 3.29. The van der Waals surface area contributed by atoms with Gasteiger partial charge in [-0.05, 0) is 52.5 Å². The molecule has 1 saturated carbocycles. The summed E-state index contributed by atoms with van der Waals surface area (Å²) in [6.45, 7) is 7.40. The van der Waals surface area contributed by atoms with Gasteiger partial charge in [0.25, 0.3) is 0 Å². The van der Waals surface area contributed by atoms with Crippen LogP contribution in [0.25, 0.3) is 0 Å². The second kappa shape index (κ2) is 4.43. The third kappa shape index (κ3) is 2.96. The van der Waals surface area contributed by atoms with Gasteiger partial charge >= 0.3 is 0 Å². The molecule has 0 aromatic carbocycles. The second-order valence-electron chi connectivity index (χ2n) is 4.54. The van der Waals surface area contributed by atoms with E-state index in [1.807, 2.05) is 7.05 Å². The molecule has 2 heteroatoms. The van der Waals surface area contributed by atoms with Crippen molar-refractivity contribution in [2.45, 2.75) is 52.2 Å². The molecule has 1 aliphatic rings. The second-order valence-corrected chi connectivity index (χ2v) is 4.54. The molecule has 0 aromatic heterocycles. The Labute approximate surface area is 82.0 Å². The van der Waals surface area contributed by atoms with Crippen molar-refractivity contribution in [2.24, 2.45) is 5.41 Å². The summed E-state index contributed by atoms with van der Waals surface area (Å²) in [5.41, 5.74) is 0.559. The van der Waals surface area contributed by atoms with Gasteiger partial charge < -0.3 is 10.1 Å². The van der Waals surface area contributed by atoms with Gasteiger partial charge in [-0.25, -0.2) is 0 Å². The SMILES string of the molecule is CNC(C)C1(CCOC(C)C)CC1. The van der Waals surface area contributed by atoms with E-state index in [1.54, 1.807) is 0 Å². The van der Waals surface area contributed by atoms with Gasteiger partial charge in [0.2, 0.25) is 0 Å². The molecule has 1 aliphatic carbocycles. The highest BCUT2D eigenvalue weighted by Gasteiger charge is 2.46. The van der Waals surface area contributed by atoms with Crippen LogP contribution in [0.1, 0.15) is 40.0 Å². The summed E-state index contributed by atoms with van der Waals surface area (Å²) in [6.07, 6.45) is 4.33. The highest BCUT2D eigenvalue weighted by atomic mass is 16.5. The molecule has 2 nitrogen and oxygen atoms in total. The van der Waals surface area contributed by atoms with Gasteiger partial charge in [-0.1, -0.05) is 0 Å². The average molecular weight is 185 g/mol. The number of ether oxygens (including phenoxy) is 1. The maximum atomic E-state index is 5.58. The summed E-state index contributed by atoms with van der Waals surface area (Å²) in [4.78, 5) is 0. The summed E-state index contributed by atoms with van der Waals surface area (Å²) < 4.78 is 5.58. The maximum absolute atomic E-state index is 5.58. The lowest BCUT2D eigenvalue weighted by Gasteiger charge is -2.23. The number of hydrogen-bond donors (Lipinski definition) is 1. The van der Waals surface area contributed by atoms with Crippen molar-refractivity contribution in [3.63, 3.8) is 0 Å². The van der Waals surface area contributed by atoms with E-state index in [0.29, 0.717) is 17.6 Å². The Morgan fingerprint density at radius 3 is 2.31 bits per heavy atom. The molecule has 0 aromatic rings. The van der Waals surface area contributed by atoms with E-state index in [-0.39, 0.29) is 0 Å². The van der Waals surface area contributed by atoms with Crippen LogP contribution in [0.5, 0.6) is 0 Å². The zero-order valence-corrected chi connectivity index (χ0v) is 9.39. The van der Waals surface area contributed by atoms with E-state index in [4.69, 9.17) is 4.74 Å². The Kier molecular flexibility index (Phi) is 3.74. The summed E-state index contributed by atoms with van der Waals surface area (Å²) in [7, 11) is 2.05. The highest BCUT2D eigenvalue weighted by Crippen LogP contribution is 2.51. The Balaban J connectivity index is 2.20. The number of hydrogen-bond acceptors (Lipinski definition) is 2. The van der Waals surface area contributed by atoms with Crippen LogP contribution in [0.2, 0.25) is 0 Å². The predicted octanol–water partition coefficient (Wildman–Crippen LogP) is 2.19. The summed E-state index contributed by atoms with van der Waals surface area (Å²) in [5, 5.41) is 3.35. The van der Waals surface area contributed by atoms with Crippen LogP contribution >= 0.6 is 0 Å². The van der Waals surface area contributed by atoms with Gasteiger partial charge in [0.05, 0.1) is 6.10 Å². The Morgan fingerprint density at radius 1 is 1.31 bits per heavy atom. The first-order valence-electron chi connectivity index (χ1n) is 5.39. The predicted molar refractivity (Wildman–Crippen MR) is 55.9 cm³/mol. The number of nitrogens with one attached hydrogen (secondary N) is 1. The molecule has 1 unspecified atom stereocenters. The van der Waals surface area contributed by atoms with Crippen molar-refractivity contribution in [1.29, 1.82) is 0 Å². The van der Waals surface area contributed by atoms with E-state index in [0.717, 1.165) is 6.61 Å². The first-order chi connectivity index (χ1) is 6.10. The van der Waals surface area contributed by atoms with Gasteiger partial charge in [0, 0.05) is 12.6 Å². The molecule has 1 fully saturated rings. The fourth-order valence-corrected chi connectivity index (χ4v) is 1.86. The molecule has 13 heavy (non-hydrogen) atoms. The van der Waals surface area contributed by atoms with Crippen molar-refractivity contribution in [2.75, 3.05) is 13.7 Å². The fraction of sp³-hybridized carbons (Fsp3) is 1.00. The molecule has 0 radical (unpaired) electrons. The average Bonchev–Trinajstić information content (AvgIpc) is 2.84. The quantitative estimate of drug-likeness (QED) is 0.685. The standard InChI is InChI=1S/C11H23NO/c1-9(2)13-8-7-11(5-6-11)10(3)12-4/h9-10,12H,5-8H2,1-4H3. The fourth-order valence-electron chi connectivity index (χ4n) is 1.86. The summed E-state index contributed by atoms with van der Waals surface area (Å²) in [6, 6.07) is 0.642. The van der Waals surface area contributed by atoms with Gasteiger partial charge in [-0.3, -0.25) is 0 Å². The molecule has 1 atom stereocenters. The van der Waals surface area contributed by atoms with Crippen LogP contribution < -0.4 is 5.32 Å². The molecule has 0 bridgehead atoms. The van der Waals surface area contributed by atoms with E-state index in [1.165, 1.54) is 19.3 Å². The van der Waals surface area contributed by atoms with Crippen LogP contribution in [0.4, 0.5) is 0 Å². The summed E-state index contributed by atoms with van der Waals surface area (Å²) in [5.74, 6) is 0. The van der Waals surface area contributed by atoms with Gasteiger partial charge in [-0.15, -0.1) is 0 Å². The Morgan fingerprint density at radius 2 is 1.92 bits per heavy atom. The minimum absolute atomic E-state index is 0.376. The molecule has 0 aliphatic heterocycles. The van der Waals surface area contributed by atoms with Crippen LogP contribution in [0, 0.1) is 5.41 Å². The minimum atomic E-state index is 0.376. The summed E-state index contributed by atoms with van der Waals surface area (Å²) >= 11 is 0. The van der Waals surface area contributed by atoms with Crippen LogP contribution in [-0.4, -0.2) is 25.8 Å². The van der Waals surface area contributed by atoms with E-state index in [2.05, 4.69) is 26.1 Å². The molecular weight excluding hydrogens is 162 g/mol. The zero-order chi connectivity index (χ0) is 9.90. The number of rotatable bonds is 6. The van der Waals surface area contributed by atoms with Crippen molar-refractivity contribution in [3.05, 3.63) is 0 Å². The Hall–Kier alpha value is -0.0800. The monoisotopic (exact) mass is 185 g/mol. The topological polar surface area (TPSA) is 21.3 Å². The van der Waals surface area contributed by atoms with Crippen molar-refractivity contribution >= 4 is 0 Å². The smallest absolute Gasteiger partial charge is 0.0518 e. The Bertz CT molecular complexity index is 152. The largest absolute Gasteiger partial charge is 0.379 e. The molecule has 1 rings (SSSR count). The lowest BCUT2D eigenvalue weighted by Crippen LogP contribution is -2.32. The normalized spacial score (nSPS) is 21.9. The van der Waals surface area contributed by atoms with Crippen molar-refractivity contribution in [1.82, 2.24) is 5.32 Å². The highest BCUT2D eigenvalue weighted by molar-refractivity contribution is 4.99. The van der Waals surface area contributed by atoms with Crippen LogP contribution in [0.15, 0.2) is 0 Å². The molecular formula is C11H23NO. The lowest BCUT2D eigenvalue weighted by molar-refractivity contribution is 0.0623. The molecule has 0 spiro atoms. The van der Waals surface area contributed by atoms with E-state index < -0.39 is 0 Å². The zero-order valence-electron chi connectivity index (χ0n) is 9.39. The van der Waals surface area contributed by atoms with Crippen LogP contribution in [0.3, 0.4) is 0 Å². The van der Waals surface area contributed by atoms with Crippen LogP contribution in [-0.2, 0) is 4.74 Å². The molecule has 78 valence electrons. The van der Waals surface area contributed by atoms with Crippen molar-refractivity contribution in [3.8, 4) is 0 Å². The molecule has 0 amide bonds. The van der Waals surface area contributed by atoms with Gasteiger partial charge in [-0.2, -0.15) is 0 Å². The van der Waals surface area contributed by atoms with Crippen molar-refractivity contribution < 1.29 is 4.74 Å². The minimum Gasteiger partial charge on any atom is -0.379 e. The lowest BCUT2D eigenvalue weighted by atomic mass is 9.94. The molecule has 0 heterocycles. The third-order valence-corrected chi connectivity index (χ3v) is 3.29. The maximum Gasteiger partial charge on any atom is 0.0518 e. The van der Waals surface area contributed by atoms with E-state index >= 15 is 0 Å².